The van der Waals surface area contributed by atoms with E-state index in [2.05, 4.69) is 33.7 Å². The molecule has 0 saturated carbocycles. The predicted molar refractivity (Wildman–Crippen MR) is 122 cm³/mol. The van der Waals surface area contributed by atoms with E-state index < -0.39 is 0 Å². The fraction of sp³-hybridized carbons (Fsp3) is 0.435. The van der Waals surface area contributed by atoms with Gasteiger partial charge in [0, 0.05) is 29.9 Å². The van der Waals surface area contributed by atoms with Crippen molar-refractivity contribution in [3.8, 4) is 17.6 Å². The molecule has 3 aromatic rings. The number of aryl methyl sites for hydroxylation is 1. The second-order valence-electron chi connectivity index (χ2n) is 7.40. The fourth-order valence-electron chi connectivity index (χ4n) is 3.56. The highest BCUT2D eigenvalue weighted by Crippen LogP contribution is 2.29. The molecule has 0 aliphatic rings. The van der Waals surface area contributed by atoms with E-state index in [9.17, 15) is 0 Å². The van der Waals surface area contributed by atoms with Gasteiger partial charge in [0.1, 0.15) is 16.5 Å². The molecule has 0 aromatic carbocycles. The van der Waals surface area contributed by atoms with Crippen LogP contribution in [0.4, 0.5) is 5.95 Å². The van der Waals surface area contributed by atoms with Crippen LogP contribution in [0.3, 0.4) is 0 Å². The summed E-state index contributed by atoms with van der Waals surface area (Å²) >= 11 is 6.42. The van der Waals surface area contributed by atoms with Crippen molar-refractivity contribution in [2.75, 3.05) is 12.8 Å². The number of unbranched alkanes of at least 4 members (excludes halogenated alkanes) is 4. The van der Waals surface area contributed by atoms with E-state index in [1.165, 1.54) is 19.3 Å². The first-order valence-electron chi connectivity index (χ1n) is 10.3. The number of rotatable bonds is 7. The third kappa shape index (κ3) is 4.68. The Balaban J connectivity index is 1.99. The number of pyridine rings is 1. The number of hydrogen-bond donors (Lipinski definition) is 1. The zero-order valence-corrected chi connectivity index (χ0v) is 18.8. The van der Waals surface area contributed by atoms with Crippen LogP contribution < -0.4 is 10.5 Å². The number of fused-ring (bicyclic) bond motifs is 1. The van der Waals surface area contributed by atoms with Crippen molar-refractivity contribution in [1.29, 1.82) is 0 Å². The van der Waals surface area contributed by atoms with Crippen molar-refractivity contribution >= 4 is 28.6 Å². The molecular formula is C23H28ClN5O. The van der Waals surface area contributed by atoms with E-state index in [1.807, 2.05) is 30.8 Å². The molecule has 0 atom stereocenters. The van der Waals surface area contributed by atoms with Gasteiger partial charge in [0.15, 0.2) is 0 Å². The van der Waals surface area contributed by atoms with Crippen LogP contribution in [0, 0.1) is 25.7 Å². The van der Waals surface area contributed by atoms with Crippen LogP contribution in [0.2, 0.25) is 5.15 Å². The molecule has 158 valence electrons. The molecule has 0 radical (unpaired) electrons. The molecule has 0 amide bonds. The number of ether oxygens (including phenoxy) is 1. The molecule has 2 N–H and O–H groups in total. The van der Waals surface area contributed by atoms with E-state index in [4.69, 9.17) is 22.1 Å². The average molecular weight is 426 g/mol. The van der Waals surface area contributed by atoms with Gasteiger partial charge in [-0.05, 0) is 20.3 Å². The third-order valence-electron chi connectivity index (χ3n) is 5.14. The molecule has 0 aliphatic heterocycles. The lowest BCUT2D eigenvalue weighted by molar-refractivity contribution is 0.406. The SMILES string of the molecule is CCCCCCC#Cc1cn(Cc2ncc(C)c(OC)c2C)c2nc(N)nc(Cl)c12. The highest BCUT2D eigenvalue weighted by Gasteiger charge is 2.17. The summed E-state index contributed by atoms with van der Waals surface area (Å²) in [7, 11) is 1.67. The zero-order chi connectivity index (χ0) is 21.7. The standard InChI is InChI=1S/C23H28ClN5O/c1-5-6-7-8-9-10-11-17-13-29(22-19(17)21(24)27-23(25)28-22)14-18-16(3)20(30-4)15(2)12-26-18/h12-13H,5-9,14H2,1-4H3,(H2,25,27,28). The summed E-state index contributed by atoms with van der Waals surface area (Å²) in [6.07, 6.45) is 9.39. The first-order chi connectivity index (χ1) is 14.5. The molecule has 3 aromatic heterocycles. The normalized spacial score (nSPS) is 10.8. The maximum absolute atomic E-state index is 6.42. The van der Waals surface area contributed by atoms with E-state index >= 15 is 0 Å². The summed E-state index contributed by atoms with van der Waals surface area (Å²) in [6, 6.07) is 0. The van der Waals surface area contributed by atoms with Gasteiger partial charge in [-0.1, -0.05) is 49.6 Å². The van der Waals surface area contributed by atoms with E-state index in [0.29, 0.717) is 17.3 Å². The number of nitrogens with two attached hydrogens (primary N) is 1. The van der Waals surface area contributed by atoms with Crippen molar-refractivity contribution in [1.82, 2.24) is 19.5 Å². The summed E-state index contributed by atoms with van der Waals surface area (Å²) < 4.78 is 7.52. The van der Waals surface area contributed by atoms with Gasteiger partial charge >= 0.3 is 0 Å². The molecule has 0 unspecified atom stereocenters. The largest absolute Gasteiger partial charge is 0.496 e. The molecule has 6 nitrogen and oxygen atoms in total. The number of nitrogens with zero attached hydrogens (tertiary/aromatic N) is 4. The molecule has 7 heteroatoms. The van der Waals surface area contributed by atoms with Crippen LogP contribution in [0.15, 0.2) is 12.4 Å². The molecule has 0 spiro atoms. The maximum atomic E-state index is 6.42. The number of hydrogen-bond acceptors (Lipinski definition) is 5. The van der Waals surface area contributed by atoms with E-state index in [0.717, 1.165) is 46.4 Å². The van der Waals surface area contributed by atoms with Crippen LogP contribution in [-0.4, -0.2) is 26.6 Å². The molecule has 3 rings (SSSR count). The van der Waals surface area contributed by atoms with Crippen LogP contribution >= 0.6 is 11.6 Å². The van der Waals surface area contributed by atoms with Crippen LogP contribution in [0.5, 0.6) is 5.75 Å². The summed E-state index contributed by atoms with van der Waals surface area (Å²) in [5.41, 5.74) is 10.2. The molecule has 30 heavy (non-hydrogen) atoms. The average Bonchev–Trinajstić information content (AvgIpc) is 3.04. The molecule has 0 bridgehead atoms. The van der Waals surface area contributed by atoms with Gasteiger partial charge in [-0.3, -0.25) is 4.98 Å². The monoisotopic (exact) mass is 425 g/mol. The van der Waals surface area contributed by atoms with E-state index in [-0.39, 0.29) is 5.95 Å². The zero-order valence-electron chi connectivity index (χ0n) is 18.0. The van der Waals surface area contributed by atoms with Crippen LogP contribution in [0.1, 0.15) is 61.4 Å². The van der Waals surface area contributed by atoms with Gasteiger partial charge in [-0.2, -0.15) is 4.98 Å². The van der Waals surface area contributed by atoms with Gasteiger partial charge in [0.2, 0.25) is 5.95 Å². The Morgan fingerprint density at radius 1 is 1.20 bits per heavy atom. The highest BCUT2D eigenvalue weighted by molar-refractivity contribution is 6.34. The van der Waals surface area contributed by atoms with E-state index in [1.54, 1.807) is 7.11 Å². The first-order valence-corrected chi connectivity index (χ1v) is 10.6. The van der Waals surface area contributed by atoms with Gasteiger partial charge in [-0.25, -0.2) is 4.98 Å². The quantitative estimate of drug-likeness (QED) is 0.325. The number of nitrogen functional groups attached to an aromatic ring is 1. The topological polar surface area (TPSA) is 78.8 Å². The first kappa shape index (κ1) is 21.9. The number of anilines is 1. The predicted octanol–water partition coefficient (Wildman–Crippen LogP) is 5.06. The van der Waals surface area contributed by atoms with Gasteiger partial charge in [0.25, 0.3) is 0 Å². The van der Waals surface area contributed by atoms with Crippen molar-refractivity contribution in [2.24, 2.45) is 0 Å². The summed E-state index contributed by atoms with van der Waals surface area (Å²) in [5.74, 6) is 7.50. The van der Waals surface area contributed by atoms with Gasteiger partial charge < -0.3 is 15.0 Å². The minimum Gasteiger partial charge on any atom is -0.496 e. The summed E-state index contributed by atoms with van der Waals surface area (Å²) in [6.45, 7) is 6.70. The Kier molecular flexibility index (Phi) is 7.17. The summed E-state index contributed by atoms with van der Waals surface area (Å²) in [4.78, 5) is 13.2. The molecule has 0 fully saturated rings. The van der Waals surface area contributed by atoms with Crippen LogP contribution in [0.25, 0.3) is 11.0 Å². The highest BCUT2D eigenvalue weighted by atomic mass is 35.5. The second-order valence-corrected chi connectivity index (χ2v) is 7.76. The lowest BCUT2D eigenvalue weighted by Crippen LogP contribution is -2.07. The number of aromatic nitrogens is 4. The van der Waals surface area contributed by atoms with Crippen molar-refractivity contribution < 1.29 is 4.74 Å². The Hall–Kier alpha value is -2.78. The molecular weight excluding hydrogens is 398 g/mol. The number of halogens is 1. The molecule has 3 heterocycles. The van der Waals surface area contributed by atoms with Crippen molar-refractivity contribution in [3.05, 3.63) is 39.9 Å². The van der Waals surface area contributed by atoms with Gasteiger partial charge in [-0.15, -0.1) is 0 Å². The Morgan fingerprint density at radius 3 is 2.73 bits per heavy atom. The second kappa shape index (κ2) is 9.82. The Labute approximate surface area is 182 Å². The minimum absolute atomic E-state index is 0.136. The number of methoxy groups -OCH3 is 1. The third-order valence-corrected chi connectivity index (χ3v) is 5.41. The lowest BCUT2D eigenvalue weighted by atomic mass is 10.1. The fourth-order valence-corrected chi connectivity index (χ4v) is 3.84. The molecule has 0 saturated heterocycles. The van der Waals surface area contributed by atoms with Crippen molar-refractivity contribution in [2.45, 2.75) is 59.4 Å². The lowest BCUT2D eigenvalue weighted by Gasteiger charge is -2.13. The van der Waals surface area contributed by atoms with Crippen LogP contribution in [-0.2, 0) is 6.54 Å². The Bertz CT molecular complexity index is 1110. The van der Waals surface area contributed by atoms with Crippen molar-refractivity contribution in [3.63, 3.8) is 0 Å². The molecule has 0 aliphatic carbocycles. The minimum atomic E-state index is 0.136. The summed E-state index contributed by atoms with van der Waals surface area (Å²) in [5, 5.41) is 1.04. The maximum Gasteiger partial charge on any atom is 0.223 e. The Morgan fingerprint density at radius 2 is 2.00 bits per heavy atom. The smallest absolute Gasteiger partial charge is 0.223 e. The van der Waals surface area contributed by atoms with Gasteiger partial charge in [0.05, 0.1) is 30.3 Å².